The van der Waals surface area contributed by atoms with Gasteiger partial charge in [0.25, 0.3) is 0 Å². The van der Waals surface area contributed by atoms with Crippen LogP contribution in [0.4, 0.5) is 10.1 Å². The molecule has 1 unspecified atom stereocenters. The Kier molecular flexibility index (Phi) is 6.02. The molecule has 4 rings (SSSR count). The van der Waals surface area contributed by atoms with Crippen molar-refractivity contribution in [3.63, 3.8) is 0 Å². The third kappa shape index (κ3) is 4.64. The van der Waals surface area contributed by atoms with E-state index in [1.807, 2.05) is 37.2 Å². The van der Waals surface area contributed by atoms with Crippen LogP contribution < -0.4 is 4.90 Å². The van der Waals surface area contributed by atoms with Gasteiger partial charge >= 0.3 is 0 Å². The van der Waals surface area contributed by atoms with Crippen molar-refractivity contribution in [2.75, 3.05) is 25.5 Å². The number of hydrogen-bond donors (Lipinski definition) is 0. The normalized spacial score (nSPS) is 18.4. The van der Waals surface area contributed by atoms with Gasteiger partial charge in [0.2, 0.25) is 5.91 Å². The van der Waals surface area contributed by atoms with Crippen molar-refractivity contribution < 1.29 is 14.0 Å². The maximum atomic E-state index is 13.6. The molecule has 1 fully saturated rings. The number of nitrogens with zero attached hydrogens (tertiary/aromatic N) is 3. The number of amides is 1. The average molecular weight is 410 g/mol. The monoisotopic (exact) mass is 409 g/mol. The first-order valence-corrected chi connectivity index (χ1v) is 10.5. The van der Waals surface area contributed by atoms with E-state index in [9.17, 15) is 9.18 Å². The lowest BCUT2D eigenvalue weighted by atomic mass is 9.84. The lowest BCUT2D eigenvalue weighted by molar-refractivity contribution is -0.140. The number of oxime groups is 1. The molecule has 2 aromatic carbocycles. The highest BCUT2D eigenvalue weighted by atomic mass is 19.1. The number of hydrogen-bond acceptors (Lipinski definition) is 4. The van der Waals surface area contributed by atoms with Crippen molar-refractivity contribution in [3.8, 4) is 0 Å². The van der Waals surface area contributed by atoms with Crippen LogP contribution in [0.5, 0.6) is 0 Å². The zero-order valence-electron chi connectivity index (χ0n) is 17.6. The Bertz CT molecular complexity index is 922. The molecule has 1 atom stereocenters. The molecule has 1 heterocycles. The fourth-order valence-electron chi connectivity index (χ4n) is 3.90. The van der Waals surface area contributed by atoms with Crippen LogP contribution in [-0.2, 0) is 16.2 Å². The second-order valence-electron chi connectivity index (χ2n) is 8.39. The van der Waals surface area contributed by atoms with Gasteiger partial charge in [0.05, 0.1) is 12.3 Å². The van der Waals surface area contributed by atoms with Crippen LogP contribution in [0.3, 0.4) is 0 Å². The Morgan fingerprint density at radius 1 is 1.17 bits per heavy atom. The molecular weight excluding hydrogens is 381 g/mol. The van der Waals surface area contributed by atoms with Gasteiger partial charge in [0.15, 0.2) is 6.10 Å². The molecule has 0 N–H and O–H groups in total. The molecule has 158 valence electrons. The van der Waals surface area contributed by atoms with E-state index in [1.165, 1.54) is 12.1 Å². The number of halogens is 1. The van der Waals surface area contributed by atoms with E-state index < -0.39 is 0 Å². The first kappa shape index (κ1) is 20.4. The Morgan fingerprint density at radius 2 is 1.93 bits per heavy atom. The molecule has 30 heavy (non-hydrogen) atoms. The predicted molar refractivity (Wildman–Crippen MR) is 116 cm³/mol. The molecule has 6 heteroatoms. The van der Waals surface area contributed by atoms with Crippen LogP contribution in [0.25, 0.3) is 0 Å². The maximum absolute atomic E-state index is 13.6. The molecule has 0 aromatic heterocycles. The standard InChI is InChI=1S/C24H28FN3O2/c1-27(2)21-11-9-18(10-12-21)23-14-22(30-26-23)16-28(24(29)19-6-4-7-19)15-17-5-3-8-20(25)13-17/h3,5,8-13,19,22H,4,6-7,14-16H2,1-2H3. The van der Waals surface area contributed by atoms with Crippen LogP contribution in [0, 0.1) is 11.7 Å². The summed E-state index contributed by atoms with van der Waals surface area (Å²) in [5.74, 6) is -0.0655. The summed E-state index contributed by atoms with van der Waals surface area (Å²) in [6, 6.07) is 14.7. The van der Waals surface area contributed by atoms with E-state index in [-0.39, 0.29) is 23.7 Å². The zero-order chi connectivity index (χ0) is 21.1. The fraction of sp³-hybridized carbons (Fsp3) is 0.417. The second kappa shape index (κ2) is 8.86. The molecule has 5 nitrogen and oxygen atoms in total. The van der Waals surface area contributed by atoms with Crippen LogP contribution in [-0.4, -0.2) is 43.3 Å². The fourth-order valence-corrected chi connectivity index (χ4v) is 3.90. The molecule has 1 saturated carbocycles. The number of carbonyl (C=O) groups excluding carboxylic acids is 1. The summed E-state index contributed by atoms with van der Waals surface area (Å²) < 4.78 is 13.6. The highest BCUT2D eigenvalue weighted by molar-refractivity contribution is 6.01. The first-order chi connectivity index (χ1) is 14.5. The zero-order valence-corrected chi connectivity index (χ0v) is 17.6. The number of anilines is 1. The van der Waals surface area contributed by atoms with Crippen LogP contribution in [0.1, 0.15) is 36.8 Å². The molecule has 0 bridgehead atoms. The van der Waals surface area contributed by atoms with E-state index >= 15 is 0 Å². The third-order valence-electron chi connectivity index (χ3n) is 5.90. The average Bonchev–Trinajstić information content (AvgIpc) is 3.15. The highest BCUT2D eigenvalue weighted by Gasteiger charge is 2.33. The quantitative estimate of drug-likeness (QED) is 0.688. The van der Waals surface area contributed by atoms with Gasteiger partial charge in [-0.2, -0.15) is 0 Å². The highest BCUT2D eigenvalue weighted by Crippen LogP contribution is 2.30. The van der Waals surface area contributed by atoms with E-state index in [4.69, 9.17) is 4.84 Å². The van der Waals surface area contributed by atoms with Crippen molar-refractivity contribution in [1.29, 1.82) is 0 Å². The van der Waals surface area contributed by atoms with Crippen molar-refractivity contribution in [3.05, 3.63) is 65.5 Å². The lowest BCUT2D eigenvalue weighted by Crippen LogP contribution is -2.42. The van der Waals surface area contributed by atoms with Gasteiger partial charge in [0.1, 0.15) is 5.82 Å². The van der Waals surface area contributed by atoms with Crippen LogP contribution in [0.15, 0.2) is 53.7 Å². The summed E-state index contributed by atoms with van der Waals surface area (Å²) in [5, 5.41) is 4.28. The van der Waals surface area contributed by atoms with Gasteiger partial charge in [-0.25, -0.2) is 4.39 Å². The van der Waals surface area contributed by atoms with E-state index in [0.717, 1.165) is 41.8 Å². The van der Waals surface area contributed by atoms with Gasteiger partial charge in [-0.05, 0) is 48.2 Å². The summed E-state index contributed by atoms with van der Waals surface area (Å²) in [5.41, 5.74) is 3.85. The van der Waals surface area contributed by atoms with Crippen molar-refractivity contribution in [1.82, 2.24) is 4.90 Å². The van der Waals surface area contributed by atoms with E-state index in [0.29, 0.717) is 19.5 Å². The molecule has 0 saturated heterocycles. The molecule has 1 aliphatic carbocycles. The Balaban J connectivity index is 1.42. The van der Waals surface area contributed by atoms with Crippen molar-refractivity contribution >= 4 is 17.3 Å². The second-order valence-corrected chi connectivity index (χ2v) is 8.39. The van der Waals surface area contributed by atoms with E-state index in [2.05, 4.69) is 22.2 Å². The minimum Gasteiger partial charge on any atom is -0.390 e. The van der Waals surface area contributed by atoms with Gasteiger partial charge in [-0.3, -0.25) is 4.79 Å². The summed E-state index contributed by atoms with van der Waals surface area (Å²) in [7, 11) is 4.01. The lowest BCUT2D eigenvalue weighted by Gasteiger charge is -2.32. The summed E-state index contributed by atoms with van der Waals surface area (Å²) in [6.07, 6.45) is 3.43. The summed E-state index contributed by atoms with van der Waals surface area (Å²) >= 11 is 0. The number of benzene rings is 2. The molecule has 1 aliphatic heterocycles. The molecule has 1 amide bonds. The minimum absolute atomic E-state index is 0.0823. The summed E-state index contributed by atoms with van der Waals surface area (Å²) in [4.78, 5) is 22.5. The van der Waals surface area contributed by atoms with Gasteiger partial charge in [-0.1, -0.05) is 35.8 Å². The third-order valence-corrected chi connectivity index (χ3v) is 5.90. The topological polar surface area (TPSA) is 45.1 Å². The van der Waals surface area contributed by atoms with Gasteiger partial charge in [-0.15, -0.1) is 0 Å². The summed E-state index contributed by atoms with van der Waals surface area (Å²) in [6.45, 7) is 0.842. The number of rotatable bonds is 7. The molecule has 2 aromatic rings. The first-order valence-electron chi connectivity index (χ1n) is 10.5. The smallest absolute Gasteiger partial charge is 0.226 e. The minimum atomic E-state index is -0.285. The maximum Gasteiger partial charge on any atom is 0.226 e. The molecule has 0 spiro atoms. The van der Waals surface area contributed by atoms with Gasteiger partial charge < -0.3 is 14.6 Å². The van der Waals surface area contributed by atoms with Crippen LogP contribution in [0.2, 0.25) is 0 Å². The Hall–Kier alpha value is -2.89. The largest absolute Gasteiger partial charge is 0.390 e. The molecular formula is C24H28FN3O2. The van der Waals surface area contributed by atoms with Crippen molar-refractivity contribution in [2.24, 2.45) is 11.1 Å². The molecule has 2 aliphatic rings. The number of carbonyl (C=O) groups is 1. The van der Waals surface area contributed by atoms with Crippen molar-refractivity contribution in [2.45, 2.75) is 38.3 Å². The van der Waals surface area contributed by atoms with Crippen LogP contribution >= 0.6 is 0 Å². The predicted octanol–water partition coefficient (Wildman–Crippen LogP) is 4.21. The SMILES string of the molecule is CN(C)c1ccc(C2=NOC(CN(Cc3cccc(F)c3)C(=O)C3CCC3)C2)cc1. The van der Waals surface area contributed by atoms with E-state index in [1.54, 1.807) is 6.07 Å². The Labute approximate surface area is 177 Å². The molecule has 0 radical (unpaired) electrons. The van der Waals surface area contributed by atoms with Gasteiger partial charge in [0, 0.05) is 38.7 Å². The Morgan fingerprint density at radius 3 is 2.57 bits per heavy atom.